The number of rotatable bonds is 5. The van der Waals surface area contributed by atoms with Gasteiger partial charge in [0, 0.05) is 37.9 Å². The highest BCUT2D eigenvalue weighted by Crippen LogP contribution is 2.29. The molecule has 2 N–H and O–H groups in total. The van der Waals surface area contributed by atoms with Crippen molar-refractivity contribution < 1.29 is 9.53 Å². The Kier molecular flexibility index (Phi) is 5.08. The van der Waals surface area contributed by atoms with Gasteiger partial charge in [-0.2, -0.15) is 5.10 Å². The molecule has 0 aliphatic carbocycles. The summed E-state index contributed by atoms with van der Waals surface area (Å²) in [5.41, 5.74) is 2.92. The van der Waals surface area contributed by atoms with E-state index >= 15 is 0 Å². The van der Waals surface area contributed by atoms with Crippen LogP contribution in [-0.4, -0.2) is 34.9 Å². The normalized spacial score (nSPS) is 20.0. The number of amides is 1. The number of aryl methyl sites for hydroxylation is 2. The fraction of sp³-hybridized carbons (Fsp3) is 0.474. The highest BCUT2D eigenvalue weighted by atomic mass is 16.5. The van der Waals surface area contributed by atoms with Gasteiger partial charge in [-0.1, -0.05) is 0 Å². The number of hydrogen-bond acceptors (Lipinski definition) is 4. The van der Waals surface area contributed by atoms with Crippen molar-refractivity contribution in [2.45, 2.75) is 32.8 Å². The quantitative estimate of drug-likeness (QED) is 0.876. The van der Waals surface area contributed by atoms with Crippen molar-refractivity contribution in [3.05, 3.63) is 41.7 Å². The van der Waals surface area contributed by atoms with E-state index in [1.807, 2.05) is 58.4 Å². The molecule has 25 heavy (non-hydrogen) atoms. The Morgan fingerprint density at radius 1 is 1.40 bits per heavy atom. The molecule has 2 atom stereocenters. The topological polar surface area (TPSA) is 68.2 Å². The Morgan fingerprint density at radius 2 is 2.20 bits per heavy atom. The fourth-order valence-corrected chi connectivity index (χ4v) is 3.28. The summed E-state index contributed by atoms with van der Waals surface area (Å²) in [4.78, 5) is 12.8. The molecule has 0 radical (unpaired) electrons. The monoisotopic (exact) mass is 342 g/mol. The summed E-state index contributed by atoms with van der Waals surface area (Å²) < 4.78 is 7.53. The van der Waals surface area contributed by atoms with Crippen molar-refractivity contribution in [3.8, 4) is 5.75 Å². The lowest BCUT2D eigenvalue weighted by atomic mass is 9.90. The minimum absolute atomic E-state index is 0.0378. The molecule has 1 fully saturated rings. The van der Waals surface area contributed by atoms with Gasteiger partial charge < -0.3 is 15.4 Å². The van der Waals surface area contributed by atoms with Crippen molar-refractivity contribution in [1.82, 2.24) is 15.1 Å². The van der Waals surface area contributed by atoms with Gasteiger partial charge in [0.25, 0.3) is 0 Å². The molecule has 2 heterocycles. The van der Waals surface area contributed by atoms with Crippen molar-refractivity contribution in [3.63, 3.8) is 0 Å². The summed E-state index contributed by atoms with van der Waals surface area (Å²) in [6, 6.07) is 5.76. The average molecular weight is 342 g/mol. The van der Waals surface area contributed by atoms with Gasteiger partial charge in [-0.05, 0) is 50.1 Å². The maximum absolute atomic E-state index is 12.8. The molecule has 1 aromatic heterocycles. The number of ether oxygens (including phenoxy) is 1. The molecule has 6 nitrogen and oxygen atoms in total. The van der Waals surface area contributed by atoms with E-state index in [4.69, 9.17) is 4.74 Å². The van der Waals surface area contributed by atoms with E-state index in [0.29, 0.717) is 6.54 Å². The van der Waals surface area contributed by atoms with Crippen LogP contribution in [0.3, 0.4) is 0 Å². The molecular weight excluding hydrogens is 316 g/mol. The van der Waals surface area contributed by atoms with Gasteiger partial charge >= 0.3 is 0 Å². The van der Waals surface area contributed by atoms with E-state index in [2.05, 4.69) is 15.7 Å². The van der Waals surface area contributed by atoms with E-state index < -0.39 is 0 Å². The van der Waals surface area contributed by atoms with Crippen LogP contribution >= 0.6 is 0 Å². The number of nitrogens with zero attached hydrogens (tertiary/aromatic N) is 2. The molecule has 134 valence electrons. The Hall–Kier alpha value is -2.34. The number of carbonyl (C=O) groups excluding carboxylic acids is 1. The van der Waals surface area contributed by atoms with Crippen molar-refractivity contribution in [1.29, 1.82) is 0 Å². The van der Waals surface area contributed by atoms with E-state index in [9.17, 15) is 4.79 Å². The predicted octanol–water partition coefficient (Wildman–Crippen LogP) is 2.46. The molecule has 0 spiro atoms. The third-order valence-corrected chi connectivity index (χ3v) is 4.51. The molecule has 1 saturated heterocycles. The number of benzene rings is 1. The summed E-state index contributed by atoms with van der Waals surface area (Å²) in [5, 5.41) is 10.6. The average Bonchev–Trinajstić information content (AvgIpc) is 3.18. The van der Waals surface area contributed by atoms with Crippen LogP contribution in [0.15, 0.2) is 30.6 Å². The van der Waals surface area contributed by atoms with Gasteiger partial charge in [0.15, 0.2) is 0 Å². The maximum atomic E-state index is 12.8. The van der Waals surface area contributed by atoms with Crippen LogP contribution in [0, 0.1) is 12.8 Å². The smallest absolute Gasteiger partial charge is 0.229 e. The Balaban J connectivity index is 1.70. The van der Waals surface area contributed by atoms with Crippen LogP contribution in [0.4, 0.5) is 5.69 Å². The number of hydrogen-bond donors (Lipinski definition) is 2. The van der Waals surface area contributed by atoms with Gasteiger partial charge in [0.05, 0.1) is 18.2 Å². The standard InChI is InChI=1S/C19H26N4O2/c1-12(2)25-18-6-5-15(7-13(18)3)22-19(24)17-10-20-9-16(17)14-8-21-23(4)11-14/h5-8,11-12,16-17,20H,9-10H2,1-4H3,(H,22,24)/t16-,17+/m1/s1. The van der Waals surface area contributed by atoms with Crippen LogP contribution in [0.5, 0.6) is 5.75 Å². The number of nitrogens with one attached hydrogen (secondary N) is 2. The summed E-state index contributed by atoms with van der Waals surface area (Å²) in [6.45, 7) is 7.47. The molecule has 1 aromatic carbocycles. The lowest BCUT2D eigenvalue weighted by molar-refractivity contribution is -0.119. The zero-order chi connectivity index (χ0) is 18.0. The first-order valence-electron chi connectivity index (χ1n) is 8.71. The molecule has 2 aromatic rings. The van der Waals surface area contributed by atoms with Gasteiger partial charge in [0.2, 0.25) is 5.91 Å². The molecule has 0 saturated carbocycles. The van der Waals surface area contributed by atoms with Crippen LogP contribution in [0.2, 0.25) is 0 Å². The first kappa shape index (κ1) is 17.5. The minimum Gasteiger partial charge on any atom is -0.491 e. The molecule has 0 unspecified atom stereocenters. The summed E-state index contributed by atoms with van der Waals surface area (Å²) in [5.74, 6) is 0.939. The lowest BCUT2D eigenvalue weighted by Crippen LogP contribution is -2.28. The third-order valence-electron chi connectivity index (χ3n) is 4.51. The van der Waals surface area contributed by atoms with Gasteiger partial charge in [-0.3, -0.25) is 9.48 Å². The minimum atomic E-state index is -0.101. The van der Waals surface area contributed by atoms with Gasteiger partial charge in [-0.15, -0.1) is 0 Å². The number of carbonyl (C=O) groups is 1. The van der Waals surface area contributed by atoms with Crippen LogP contribution in [0.1, 0.15) is 30.9 Å². The Morgan fingerprint density at radius 3 is 2.84 bits per heavy atom. The highest BCUT2D eigenvalue weighted by molar-refractivity contribution is 5.93. The first-order valence-corrected chi connectivity index (χ1v) is 8.71. The van der Waals surface area contributed by atoms with Gasteiger partial charge in [-0.25, -0.2) is 0 Å². The molecular formula is C19H26N4O2. The zero-order valence-corrected chi connectivity index (χ0v) is 15.2. The lowest BCUT2D eigenvalue weighted by Gasteiger charge is -2.18. The predicted molar refractivity (Wildman–Crippen MR) is 97.9 cm³/mol. The van der Waals surface area contributed by atoms with E-state index in [-0.39, 0.29) is 23.8 Å². The molecule has 1 amide bonds. The largest absolute Gasteiger partial charge is 0.491 e. The fourth-order valence-electron chi connectivity index (χ4n) is 3.28. The van der Waals surface area contributed by atoms with Crippen LogP contribution in [0.25, 0.3) is 0 Å². The summed E-state index contributed by atoms with van der Waals surface area (Å²) in [7, 11) is 1.89. The second-order valence-corrected chi connectivity index (χ2v) is 6.95. The van der Waals surface area contributed by atoms with Gasteiger partial charge in [0.1, 0.15) is 5.75 Å². The Labute approximate surface area is 148 Å². The van der Waals surface area contributed by atoms with Crippen molar-refractivity contribution in [2.24, 2.45) is 13.0 Å². The first-order chi connectivity index (χ1) is 11.9. The molecule has 6 heteroatoms. The second kappa shape index (κ2) is 7.27. The molecule has 3 rings (SSSR count). The molecule has 0 bridgehead atoms. The Bertz CT molecular complexity index is 754. The molecule has 1 aliphatic heterocycles. The highest BCUT2D eigenvalue weighted by Gasteiger charge is 2.34. The zero-order valence-electron chi connectivity index (χ0n) is 15.2. The molecule has 1 aliphatic rings. The third kappa shape index (κ3) is 4.02. The number of anilines is 1. The summed E-state index contributed by atoms with van der Waals surface area (Å²) in [6.07, 6.45) is 3.96. The van der Waals surface area contributed by atoms with Crippen molar-refractivity contribution in [2.75, 3.05) is 18.4 Å². The van der Waals surface area contributed by atoms with Crippen LogP contribution in [-0.2, 0) is 11.8 Å². The maximum Gasteiger partial charge on any atom is 0.229 e. The summed E-state index contributed by atoms with van der Waals surface area (Å²) >= 11 is 0. The van der Waals surface area contributed by atoms with E-state index in [1.54, 1.807) is 4.68 Å². The SMILES string of the molecule is Cc1cc(NC(=O)[C@H]2CNC[C@@H]2c2cnn(C)c2)ccc1OC(C)C. The number of aromatic nitrogens is 2. The second-order valence-electron chi connectivity index (χ2n) is 6.95. The van der Waals surface area contributed by atoms with Crippen molar-refractivity contribution >= 4 is 11.6 Å². The van der Waals surface area contributed by atoms with E-state index in [0.717, 1.165) is 29.1 Å². The van der Waals surface area contributed by atoms with Crippen LogP contribution < -0.4 is 15.4 Å². The van der Waals surface area contributed by atoms with E-state index in [1.165, 1.54) is 0 Å².